The molecule has 130 valence electrons. The molecule has 0 saturated heterocycles. The summed E-state index contributed by atoms with van der Waals surface area (Å²) in [5.74, 6) is 5.32. The van der Waals surface area contributed by atoms with Crippen molar-refractivity contribution in [1.29, 1.82) is 0 Å². The van der Waals surface area contributed by atoms with Crippen LogP contribution in [0.2, 0.25) is 0 Å². The van der Waals surface area contributed by atoms with Gasteiger partial charge in [0, 0.05) is 0 Å². The van der Waals surface area contributed by atoms with Gasteiger partial charge in [0.15, 0.2) is 0 Å². The fourth-order valence-electron chi connectivity index (χ4n) is 6.63. The van der Waals surface area contributed by atoms with Crippen LogP contribution in [0.4, 0.5) is 0 Å². The highest BCUT2D eigenvalue weighted by Crippen LogP contribution is 2.52. The van der Waals surface area contributed by atoms with Crippen molar-refractivity contribution < 1.29 is 0 Å². The first-order chi connectivity index (χ1) is 11.6. The molecule has 6 atom stereocenters. The zero-order valence-electron chi connectivity index (χ0n) is 16.0. The summed E-state index contributed by atoms with van der Waals surface area (Å²) < 4.78 is 0. The van der Waals surface area contributed by atoms with Crippen molar-refractivity contribution >= 4 is 0 Å². The second-order valence-electron chi connectivity index (χ2n) is 9.16. The Morgan fingerprint density at radius 3 is 1.38 bits per heavy atom. The number of fused-ring (bicyclic) bond motifs is 2. The van der Waals surface area contributed by atoms with Gasteiger partial charge in [0.2, 0.25) is 0 Å². The van der Waals surface area contributed by atoms with Crippen LogP contribution in [0, 0.1) is 35.5 Å². The summed E-state index contributed by atoms with van der Waals surface area (Å²) in [5.41, 5.74) is 6.59. The molecular weight excluding hydrogens is 288 g/mol. The van der Waals surface area contributed by atoms with Crippen molar-refractivity contribution in [2.24, 2.45) is 35.5 Å². The van der Waals surface area contributed by atoms with Crippen LogP contribution in [0.1, 0.15) is 66.2 Å². The number of rotatable bonds is 3. The van der Waals surface area contributed by atoms with Crippen LogP contribution in [-0.4, -0.2) is 0 Å². The molecule has 0 aromatic heterocycles. The maximum atomic E-state index is 2.41. The zero-order valence-corrected chi connectivity index (χ0v) is 16.0. The van der Waals surface area contributed by atoms with Crippen LogP contribution in [0.15, 0.2) is 46.6 Å². The Morgan fingerprint density at radius 1 is 0.583 bits per heavy atom. The predicted octanol–water partition coefficient (Wildman–Crippen LogP) is 6.86. The van der Waals surface area contributed by atoms with Gasteiger partial charge < -0.3 is 0 Å². The van der Waals surface area contributed by atoms with Crippen LogP contribution in [0.25, 0.3) is 0 Å². The first-order valence-corrected chi connectivity index (χ1v) is 10.3. The van der Waals surface area contributed by atoms with Gasteiger partial charge in [-0.2, -0.15) is 0 Å². The average molecular weight is 323 g/mol. The van der Waals surface area contributed by atoms with Gasteiger partial charge in [-0.15, -0.1) is 0 Å². The average Bonchev–Trinajstić information content (AvgIpc) is 3.18. The highest BCUT2D eigenvalue weighted by atomic mass is 14.5. The van der Waals surface area contributed by atoms with E-state index in [0.717, 1.165) is 35.5 Å². The van der Waals surface area contributed by atoms with E-state index in [1.54, 1.807) is 22.3 Å². The molecule has 4 rings (SSSR count). The molecule has 4 aliphatic carbocycles. The van der Waals surface area contributed by atoms with Crippen molar-refractivity contribution in [2.75, 3.05) is 0 Å². The van der Waals surface area contributed by atoms with Gasteiger partial charge in [-0.05, 0) is 102 Å². The zero-order chi connectivity index (χ0) is 16.8. The minimum atomic E-state index is 0.858. The Morgan fingerprint density at radius 2 is 0.958 bits per heavy atom. The summed E-state index contributed by atoms with van der Waals surface area (Å²) >= 11 is 0. The van der Waals surface area contributed by atoms with E-state index in [1.807, 2.05) is 0 Å². The summed E-state index contributed by atoms with van der Waals surface area (Å²) in [6.07, 6.45) is 18.3. The lowest BCUT2D eigenvalue weighted by molar-refractivity contribution is 0.297. The summed E-state index contributed by atoms with van der Waals surface area (Å²) in [5, 5.41) is 0. The van der Waals surface area contributed by atoms with E-state index < -0.39 is 0 Å². The predicted molar refractivity (Wildman–Crippen MR) is 104 cm³/mol. The van der Waals surface area contributed by atoms with Crippen molar-refractivity contribution in [3.05, 3.63) is 46.6 Å². The minimum Gasteiger partial charge on any atom is -0.0696 e. The van der Waals surface area contributed by atoms with E-state index in [0.29, 0.717) is 0 Å². The lowest BCUT2D eigenvalue weighted by atomic mass is 9.73. The van der Waals surface area contributed by atoms with Crippen molar-refractivity contribution in [2.45, 2.75) is 66.2 Å². The molecule has 0 aliphatic heterocycles. The normalized spacial score (nSPS) is 41.2. The van der Waals surface area contributed by atoms with Crippen LogP contribution in [0.3, 0.4) is 0 Å². The topological polar surface area (TPSA) is 0 Å². The van der Waals surface area contributed by atoms with Gasteiger partial charge in [-0.3, -0.25) is 0 Å². The number of hydrogen-bond donors (Lipinski definition) is 0. The van der Waals surface area contributed by atoms with Gasteiger partial charge in [-0.25, -0.2) is 0 Å². The molecule has 24 heavy (non-hydrogen) atoms. The maximum Gasteiger partial charge on any atom is -0.0109 e. The third kappa shape index (κ3) is 2.67. The molecule has 0 N–H and O–H groups in total. The fraction of sp³-hybridized carbons (Fsp3) is 0.667. The highest BCUT2D eigenvalue weighted by Gasteiger charge is 2.42. The Kier molecular flexibility index (Phi) is 4.35. The van der Waals surface area contributed by atoms with Crippen LogP contribution >= 0.6 is 0 Å². The van der Waals surface area contributed by atoms with Crippen LogP contribution in [0.5, 0.6) is 0 Å². The van der Waals surface area contributed by atoms with Gasteiger partial charge in [0.1, 0.15) is 0 Å². The Bertz CT molecular complexity index is 570. The van der Waals surface area contributed by atoms with Gasteiger partial charge in [-0.1, -0.05) is 46.6 Å². The molecule has 2 fully saturated rings. The Hall–Kier alpha value is -1.04. The van der Waals surface area contributed by atoms with Crippen LogP contribution < -0.4 is 0 Å². The molecular formula is C24H34. The molecule has 0 amide bonds. The standard InChI is InChI=1S/C24H34/c1-15-5-7-17(3)23-19(11-13-21(15)23)9-10-20-12-14-22-16(2)6-8-18(4)24(20)22/h5-8,19-24H,9-14H2,1-4H3. The molecule has 0 radical (unpaired) electrons. The van der Waals surface area contributed by atoms with Crippen molar-refractivity contribution in [3.63, 3.8) is 0 Å². The monoisotopic (exact) mass is 322 g/mol. The van der Waals surface area contributed by atoms with Crippen molar-refractivity contribution in [3.8, 4) is 0 Å². The summed E-state index contributed by atoms with van der Waals surface area (Å²) in [6.45, 7) is 9.48. The minimum absolute atomic E-state index is 0.858. The third-order valence-electron chi connectivity index (χ3n) is 7.93. The third-order valence-corrected chi connectivity index (χ3v) is 7.93. The summed E-state index contributed by atoms with van der Waals surface area (Å²) in [4.78, 5) is 0. The van der Waals surface area contributed by atoms with Gasteiger partial charge >= 0.3 is 0 Å². The van der Waals surface area contributed by atoms with E-state index in [1.165, 1.54) is 38.5 Å². The van der Waals surface area contributed by atoms with Gasteiger partial charge in [0.25, 0.3) is 0 Å². The molecule has 0 aromatic carbocycles. The van der Waals surface area contributed by atoms with E-state index in [4.69, 9.17) is 0 Å². The smallest absolute Gasteiger partial charge is 0.0109 e. The van der Waals surface area contributed by atoms with E-state index in [-0.39, 0.29) is 0 Å². The molecule has 0 spiro atoms. The fourth-order valence-corrected chi connectivity index (χ4v) is 6.63. The number of allylic oxidation sites excluding steroid dienone is 8. The molecule has 0 bridgehead atoms. The lowest BCUT2D eigenvalue weighted by Crippen LogP contribution is -2.22. The molecule has 0 heteroatoms. The SMILES string of the molecule is CC1=CC=C(C)C2C(CCC3CCC4C(C)=CC=C(C)C34)CCC12. The second kappa shape index (κ2) is 6.36. The Balaban J connectivity index is 1.42. The molecule has 0 aromatic rings. The molecule has 4 aliphatic rings. The Labute approximate surface area is 148 Å². The summed E-state index contributed by atoms with van der Waals surface area (Å²) in [6, 6.07) is 0. The van der Waals surface area contributed by atoms with E-state index in [9.17, 15) is 0 Å². The lowest BCUT2D eigenvalue weighted by Gasteiger charge is -2.32. The molecule has 0 heterocycles. The van der Waals surface area contributed by atoms with E-state index in [2.05, 4.69) is 52.0 Å². The van der Waals surface area contributed by atoms with E-state index >= 15 is 0 Å². The number of hydrogen-bond acceptors (Lipinski definition) is 0. The van der Waals surface area contributed by atoms with Crippen molar-refractivity contribution in [1.82, 2.24) is 0 Å². The second-order valence-corrected chi connectivity index (χ2v) is 9.16. The quantitative estimate of drug-likeness (QED) is 0.532. The first kappa shape index (κ1) is 16.4. The molecule has 2 saturated carbocycles. The largest absolute Gasteiger partial charge is 0.0696 e. The maximum absolute atomic E-state index is 2.41. The van der Waals surface area contributed by atoms with Crippen LogP contribution in [-0.2, 0) is 0 Å². The summed E-state index contributed by atoms with van der Waals surface area (Å²) in [7, 11) is 0. The molecule has 0 nitrogen and oxygen atoms in total. The highest BCUT2D eigenvalue weighted by molar-refractivity contribution is 5.30. The first-order valence-electron chi connectivity index (χ1n) is 10.3. The molecule has 6 unspecified atom stereocenters. The van der Waals surface area contributed by atoms with Gasteiger partial charge in [0.05, 0.1) is 0 Å².